The minimum Gasteiger partial charge on any atom is -0.507 e. The third kappa shape index (κ3) is 2.18. The number of hydrogen-bond acceptors (Lipinski definition) is 4. The Hall–Kier alpha value is -2.33. The Balaban J connectivity index is 2.17. The first-order valence-corrected chi connectivity index (χ1v) is 6.60. The van der Waals surface area contributed by atoms with Gasteiger partial charge in [0.05, 0.1) is 0 Å². The summed E-state index contributed by atoms with van der Waals surface area (Å²) in [5.41, 5.74) is 0.448. The van der Waals surface area contributed by atoms with Gasteiger partial charge in [-0.2, -0.15) is 0 Å². The molecule has 19 heavy (non-hydrogen) atoms. The second-order valence-electron chi connectivity index (χ2n) is 4.00. The van der Waals surface area contributed by atoms with E-state index in [4.69, 9.17) is 4.42 Å². The van der Waals surface area contributed by atoms with Gasteiger partial charge in [0, 0.05) is 16.5 Å². The summed E-state index contributed by atoms with van der Waals surface area (Å²) in [4.78, 5) is 12.7. The van der Waals surface area contributed by atoms with Crippen molar-refractivity contribution in [3.8, 4) is 27.5 Å². The highest BCUT2D eigenvalue weighted by molar-refractivity contribution is 7.13. The molecule has 3 aromatic rings. The van der Waals surface area contributed by atoms with E-state index in [1.54, 1.807) is 6.07 Å². The maximum Gasteiger partial charge on any atom is 0.348 e. The average Bonchev–Trinajstić information content (AvgIpc) is 2.93. The minimum absolute atomic E-state index is 0.0578. The topological polar surface area (TPSA) is 50.4 Å². The molecule has 94 valence electrons. The van der Waals surface area contributed by atoms with E-state index in [1.165, 1.54) is 17.4 Å². The van der Waals surface area contributed by atoms with Crippen LogP contribution in [0.2, 0.25) is 0 Å². The molecule has 3 rings (SSSR count). The Kier molecular flexibility index (Phi) is 2.93. The van der Waals surface area contributed by atoms with Crippen LogP contribution < -0.4 is 5.63 Å². The van der Waals surface area contributed by atoms with Crippen LogP contribution >= 0.6 is 11.3 Å². The second-order valence-corrected chi connectivity index (χ2v) is 4.95. The molecule has 0 saturated heterocycles. The van der Waals surface area contributed by atoms with Crippen LogP contribution in [0.1, 0.15) is 0 Å². The number of thiophene rings is 1. The lowest BCUT2D eigenvalue weighted by Gasteiger charge is -2.04. The monoisotopic (exact) mass is 270 g/mol. The zero-order chi connectivity index (χ0) is 13.2. The summed E-state index contributed by atoms with van der Waals surface area (Å²) in [6, 6.07) is 14.3. The molecule has 0 spiro atoms. The lowest BCUT2D eigenvalue weighted by Crippen LogP contribution is -2.02. The molecule has 1 N–H and O–H groups in total. The first-order chi connectivity index (χ1) is 9.25. The van der Waals surface area contributed by atoms with Crippen molar-refractivity contribution < 1.29 is 9.52 Å². The highest BCUT2D eigenvalue weighted by atomic mass is 32.1. The summed E-state index contributed by atoms with van der Waals surface area (Å²) in [5, 5.41) is 11.9. The maximum atomic E-state index is 12.0. The van der Waals surface area contributed by atoms with Gasteiger partial charge >= 0.3 is 5.63 Å². The molecule has 0 unspecified atom stereocenters. The molecule has 0 aliphatic heterocycles. The molecule has 2 aromatic heterocycles. The van der Waals surface area contributed by atoms with Crippen molar-refractivity contribution >= 4 is 11.3 Å². The fourth-order valence-electron chi connectivity index (χ4n) is 1.87. The van der Waals surface area contributed by atoms with Gasteiger partial charge in [-0.3, -0.25) is 0 Å². The molecule has 0 aliphatic rings. The molecule has 3 nitrogen and oxygen atoms in total. The Morgan fingerprint density at radius 3 is 2.47 bits per heavy atom. The van der Waals surface area contributed by atoms with Gasteiger partial charge in [0.15, 0.2) is 0 Å². The van der Waals surface area contributed by atoms with Crippen molar-refractivity contribution in [3.63, 3.8) is 0 Å². The molecule has 0 saturated carbocycles. The molecular formula is C15H10O3S. The molecule has 4 heteroatoms. The zero-order valence-corrected chi connectivity index (χ0v) is 10.7. The average molecular weight is 270 g/mol. The molecule has 0 aliphatic carbocycles. The van der Waals surface area contributed by atoms with Crippen molar-refractivity contribution in [1.82, 2.24) is 0 Å². The summed E-state index contributed by atoms with van der Waals surface area (Å²) in [7, 11) is 0. The smallest absolute Gasteiger partial charge is 0.348 e. The molecule has 0 bridgehead atoms. The van der Waals surface area contributed by atoms with Gasteiger partial charge in [-0.05, 0) is 11.4 Å². The summed E-state index contributed by atoms with van der Waals surface area (Å²) in [6.45, 7) is 0. The van der Waals surface area contributed by atoms with Crippen LogP contribution in [0.15, 0.2) is 63.1 Å². The van der Waals surface area contributed by atoms with Gasteiger partial charge in [0.2, 0.25) is 0 Å². The lowest BCUT2D eigenvalue weighted by molar-refractivity contribution is 0.456. The van der Waals surface area contributed by atoms with E-state index in [0.717, 1.165) is 5.56 Å². The largest absolute Gasteiger partial charge is 0.507 e. The van der Waals surface area contributed by atoms with Gasteiger partial charge in [-0.25, -0.2) is 4.79 Å². The van der Waals surface area contributed by atoms with E-state index >= 15 is 0 Å². The van der Waals surface area contributed by atoms with Crippen molar-refractivity contribution in [1.29, 1.82) is 0 Å². The number of aromatic hydroxyl groups is 1. The van der Waals surface area contributed by atoms with E-state index in [-0.39, 0.29) is 11.3 Å². The van der Waals surface area contributed by atoms with E-state index in [0.29, 0.717) is 10.6 Å². The van der Waals surface area contributed by atoms with Crippen molar-refractivity contribution in [3.05, 3.63) is 64.3 Å². The molecule has 2 heterocycles. The SMILES string of the molecule is O=c1oc(-c2ccccc2)cc(O)c1-c1cccs1. The Bertz CT molecular complexity index is 743. The van der Waals surface area contributed by atoms with Crippen LogP contribution in [-0.2, 0) is 0 Å². The van der Waals surface area contributed by atoms with Crippen molar-refractivity contribution in [2.45, 2.75) is 0 Å². The van der Waals surface area contributed by atoms with Crippen LogP contribution in [0.4, 0.5) is 0 Å². The zero-order valence-electron chi connectivity index (χ0n) is 9.87. The fourth-order valence-corrected chi connectivity index (χ4v) is 2.64. The molecular weight excluding hydrogens is 260 g/mol. The van der Waals surface area contributed by atoms with E-state index in [2.05, 4.69) is 0 Å². The van der Waals surface area contributed by atoms with Crippen molar-refractivity contribution in [2.75, 3.05) is 0 Å². The fraction of sp³-hybridized carbons (Fsp3) is 0. The predicted octanol–water partition coefficient (Wildman–Crippen LogP) is 3.74. The van der Waals surface area contributed by atoms with Crippen LogP contribution in [0.25, 0.3) is 21.8 Å². The van der Waals surface area contributed by atoms with Crippen molar-refractivity contribution in [2.24, 2.45) is 0 Å². The van der Waals surface area contributed by atoms with Gasteiger partial charge in [0.1, 0.15) is 17.1 Å². The van der Waals surface area contributed by atoms with Crippen LogP contribution in [-0.4, -0.2) is 5.11 Å². The summed E-state index contributed by atoms with van der Waals surface area (Å²) in [6.07, 6.45) is 0. The molecule has 0 atom stereocenters. The maximum absolute atomic E-state index is 12.0. The molecule has 0 fully saturated rings. The second kappa shape index (κ2) is 4.74. The quantitative estimate of drug-likeness (QED) is 0.771. The number of rotatable bonds is 2. The van der Waals surface area contributed by atoms with E-state index < -0.39 is 5.63 Å². The first kappa shape index (κ1) is 11.7. The summed E-state index contributed by atoms with van der Waals surface area (Å²) >= 11 is 1.39. The first-order valence-electron chi connectivity index (χ1n) is 5.72. The Morgan fingerprint density at radius 2 is 1.84 bits per heavy atom. The van der Waals surface area contributed by atoms with Gasteiger partial charge in [-0.15, -0.1) is 11.3 Å². The number of benzene rings is 1. The van der Waals surface area contributed by atoms with Crippen LogP contribution in [0.3, 0.4) is 0 Å². The summed E-state index contributed by atoms with van der Waals surface area (Å²) in [5.74, 6) is 0.306. The van der Waals surface area contributed by atoms with Crippen LogP contribution in [0, 0.1) is 0 Å². The standard InChI is InChI=1S/C15H10O3S/c16-11-9-12(10-5-2-1-3-6-10)18-15(17)14(11)13-7-4-8-19-13/h1-9,16H. The van der Waals surface area contributed by atoms with Gasteiger partial charge < -0.3 is 9.52 Å². The van der Waals surface area contributed by atoms with Gasteiger partial charge in [-0.1, -0.05) is 36.4 Å². The van der Waals surface area contributed by atoms with Crippen LogP contribution in [0.5, 0.6) is 5.75 Å². The Morgan fingerprint density at radius 1 is 1.05 bits per heavy atom. The minimum atomic E-state index is -0.527. The van der Waals surface area contributed by atoms with E-state index in [9.17, 15) is 9.90 Å². The third-order valence-electron chi connectivity index (χ3n) is 2.76. The van der Waals surface area contributed by atoms with Gasteiger partial charge in [0.25, 0.3) is 0 Å². The third-order valence-corrected chi connectivity index (χ3v) is 3.64. The lowest BCUT2D eigenvalue weighted by atomic mass is 10.1. The Labute approximate surface area is 113 Å². The predicted molar refractivity (Wildman–Crippen MR) is 75.4 cm³/mol. The highest BCUT2D eigenvalue weighted by Crippen LogP contribution is 2.32. The summed E-state index contributed by atoms with van der Waals surface area (Å²) < 4.78 is 5.29. The van der Waals surface area contributed by atoms with E-state index in [1.807, 2.05) is 41.8 Å². The normalized spacial score (nSPS) is 10.5. The molecule has 0 amide bonds. The highest BCUT2D eigenvalue weighted by Gasteiger charge is 2.14. The molecule has 1 aromatic carbocycles. The number of hydrogen-bond donors (Lipinski definition) is 1. The molecule has 0 radical (unpaired) electrons.